The molecule has 0 bridgehead atoms. The maximum Gasteiger partial charge on any atom is 0.343 e. The van der Waals surface area contributed by atoms with Crippen LogP contribution in [0.1, 0.15) is 72.5 Å². The summed E-state index contributed by atoms with van der Waals surface area (Å²) < 4.78 is 19.3. The number of ether oxygens (including phenoxy) is 3. The van der Waals surface area contributed by atoms with Gasteiger partial charge in [-0.3, -0.25) is 52.8 Å². The number of nitrogens with one attached hydrogen (secondary N) is 7. The summed E-state index contributed by atoms with van der Waals surface area (Å²) in [6.07, 6.45) is 5.79. The van der Waals surface area contributed by atoms with Crippen LogP contribution in [0.3, 0.4) is 0 Å². The number of amides is 9. The van der Waals surface area contributed by atoms with Gasteiger partial charge in [0, 0.05) is 48.1 Å². The van der Waals surface area contributed by atoms with E-state index in [1.807, 2.05) is 36.4 Å². The highest BCUT2D eigenvalue weighted by Crippen LogP contribution is 2.42. The number of benzene rings is 3. The van der Waals surface area contributed by atoms with Crippen LogP contribution in [0.15, 0.2) is 95.9 Å². The molecule has 6 aromatic rings. The lowest BCUT2D eigenvalue weighted by molar-refractivity contribution is -0.172. The SMILES string of the molecule is CC[C@@]1(O)C(=O)OCc2c1cc1n(c2=O)Cc2c-1nc1ccc3ccccc3c1c2Cn1cc(COCNC(=O)CNC(=O)COCNC(=O)CNC(=O)[C@H](Cc2ccccc2)NC(=O)CNC(=O)CNC(=O)CCCCCN2C(=O)C=CC2=O)nn1. The van der Waals surface area contributed by atoms with Crippen molar-refractivity contribution in [2.45, 2.75) is 83.4 Å². The molecule has 28 nitrogen and oxygen atoms in total. The fourth-order valence-corrected chi connectivity index (χ4v) is 10.2. The summed E-state index contributed by atoms with van der Waals surface area (Å²) in [5.41, 5.74) is 2.46. The molecular weight excluding hydrogens is 1130 g/mol. The lowest BCUT2D eigenvalue weighted by Crippen LogP contribution is -2.52. The first kappa shape index (κ1) is 61.5. The number of cyclic esters (lactones) is 1. The highest BCUT2D eigenvalue weighted by molar-refractivity contribution is 6.13. The molecule has 0 saturated heterocycles. The van der Waals surface area contributed by atoms with Gasteiger partial charge in [-0.1, -0.05) is 79.2 Å². The second-order valence-electron chi connectivity index (χ2n) is 20.6. The molecule has 9 rings (SSSR count). The second-order valence-corrected chi connectivity index (χ2v) is 20.6. The molecule has 87 heavy (non-hydrogen) atoms. The Kier molecular flexibility index (Phi) is 19.9. The maximum atomic E-state index is 14.0. The number of hydrogen-bond donors (Lipinski definition) is 8. The van der Waals surface area contributed by atoms with Gasteiger partial charge in [0.05, 0.1) is 74.5 Å². The molecule has 0 spiro atoms. The Morgan fingerprint density at radius 3 is 2.17 bits per heavy atom. The molecule has 8 N–H and O–H groups in total. The van der Waals surface area contributed by atoms with E-state index in [0.29, 0.717) is 47.4 Å². The summed E-state index contributed by atoms with van der Waals surface area (Å²) in [6, 6.07) is 21.0. The van der Waals surface area contributed by atoms with Gasteiger partial charge in [0.25, 0.3) is 17.4 Å². The predicted molar refractivity (Wildman–Crippen MR) is 306 cm³/mol. The lowest BCUT2D eigenvalue weighted by Gasteiger charge is -2.31. The summed E-state index contributed by atoms with van der Waals surface area (Å²) in [5, 5.41) is 39.9. The number of imide groups is 1. The second kappa shape index (κ2) is 28.2. The minimum atomic E-state index is -1.98. The van der Waals surface area contributed by atoms with E-state index in [1.165, 1.54) is 12.2 Å². The van der Waals surface area contributed by atoms with Crippen LogP contribution in [-0.2, 0) is 100 Å². The highest BCUT2D eigenvalue weighted by atomic mass is 16.6. The van der Waals surface area contributed by atoms with Gasteiger partial charge in [-0.2, -0.15) is 0 Å². The lowest BCUT2D eigenvalue weighted by atomic mass is 9.86. The molecule has 6 heterocycles. The van der Waals surface area contributed by atoms with E-state index in [4.69, 9.17) is 19.2 Å². The van der Waals surface area contributed by atoms with Crippen molar-refractivity contribution in [3.05, 3.63) is 135 Å². The molecule has 2 atom stereocenters. The van der Waals surface area contributed by atoms with Crippen LogP contribution in [0.4, 0.5) is 0 Å². The first-order chi connectivity index (χ1) is 42.0. The molecule has 3 aliphatic rings. The van der Waals surface area contributed by atoms with Crippen LogP contribution in [-0.4, -0.2) is 153 Å². The topological polar surface area (TPSA) is 372 Å². The summed E-state index contributed by atoms with van der Waals surface area (Å²) in [7, 11) is 0. The summed E-state index contributed by atoms with van der Waals surface area (Å²) in [4.78, 5) is 145. The number of nitrogens with zero attached hydrogens (tertiary/aromatic N) is 6. The number of pyridine rings is 2. The van der Waals surface area contributed by atoms with E-state index in [9.17, 15) is 57.8 Å². The summed E-state index contributed by atoms with van der Waals surface area (Å²) in [6.45, 7) is -1.10. The normalized spacial score (nSPS) is 15.1. The number of carbonyl (C=O) groups excluding carboxylic acids is 10. The minimum absolute atomic E-state index is 0.00748. The Morgan fingerprint density at radius 1 is 0.736 bits per heavy atom. The van der Waals surface area contributed by atoms with Crippen LogP contribution in [0.2, 0.25) is 0 Å². The number of fused-ring (bicyclic) bond motifs is 7. The van der Waals surface area contributed by atoms with Crippen molar-refractivity contribution in [3.63, 3.8) is 0 Å². The van der Waals surface area contributed by atoms with Crippen LogP contribution >= 0.6 is 0 Å². The van der Waals surface area contributed by atoms with Gasteiger partial charge < -0.3 is 61.1 Å². The third-order valence-electron chi connectivity index (χ3n) is 14.7. The van der Waals surface area contributed by atoms with Crippen molar-refractivity contribution >= 4 is 80.8 Å². The van der Waals surface area contributed by atoms with Crippen molar-refractivity contribution in [2.75, 3.05) is 52.8 Å². The van der Waals surface area contributed by atoms with Gasteiger partial charge in [-0.25, -0.2) is 14.5 Å². The van der Waals surface area contributed by atoms with Crippen molar-refractivity contribution in [2.24, 2.45) is 0 Å². The molecule has 9 amide bonds. The van der Waals surface area contributed by atoms with Crippen molar-refractivity contribution < 1.29 is 67.3 Å². The third kappa shape index (κ3) is 15.1. The van der Waals surface area contributed by atoms with Gasteiger partial charge in [0.2, 0.25) is 41.4 Å². The Labute approximate surface area is 495 Å². The van der Waals surface area contributed by atoms with Gasteiger partial charge in [-0.05, 0) is 53.3 Å². The number of rotatable bonds is 29. The fourth-order valence-electron chi connectivity index (χ4n) is 10.2. The van der Waals surface area contributed by atoms with Crippen LogP contribution in [0, 0.1) is 0 Å². The quantitative estimate of drug-likeness (QED) is 0.00938. The smallest absolute Gasteiger partial charge is 0.343 e. The number of carbonyl (C=O) groups is 10. The average molecular weight is 1190 g/mol. The van der Waals surface area contributed by atoms with Crippen molar-refractivity contribution in [1.29, 1.82) is 0 Å². The zero-order valence-corrected chi connectivity index (χ0v) is 47.3. The van der Waals surface area contributed by atoms with Gasteiger partial charge in [0.1, 0.15) is 38.4 Å². The molecule has 454 valence electrons. The van der Waals surface area contributed by atoms with E-state index in [1.54, 1.807) is 58.8 Å². The van der Waals surface area contributed by atoms with Crippen molar-refractivity contribution in [1.82, 2.24) is 66.7 Å². The number of aliphatic hydroxyl groups is 1. The van der Waals surface area contributed by atoms with Gasteiger partial charge in [-0.15, -0.1) is 5.10 Å². The minimum Gasteiger partial charge on any atom is -0.458 e. The molecule has 0 aliphatic carbocycles. The Morgan fingerprint density at radius 2 is 1.41 bits per heavy atom. The molecule has 3 aliphatic heterocycles. The number of esters is 1. The average Bonchev–Trinajstić information content (AvgIpc) is 1.65. The molecule has 3 aromatic carbocycles. The molecule has 28 heteroatoms. The molecule has 0 saturated carbocycles. The van der Waals surface area contributed by atoms with Crippen LogP contribution < -0.4 is 42.8 Å². The standard InChI is InChI=1S/C59H63N13O15/c1-2-59(84)42-22-45-55-40(29-72(45)57(82)41(42)31-87-58(59)83)39(54-38-14-9-8-13-36(38)16-17-43(54)67-55)28-70-27-37(68-69-70)30-85-33-64-48(75)24-62-51(78)32-86-34-65-49(76)25-63-56(81)44(21-35-11-5-3-6-12-35)66-50(77)26-61-47(74)23-60-46(73)15-7-4-10-20-71-52(79)18-19-53(71)80/h3,5-6,8-9,11-14,16-19,22,27,44,84H,2,4,7,10,15,20-21,23-26,28-34H2,1H3,(H,60,73)(H,61,74)(H,62,78)(H,63,81)(H,64,75)(H,65,76)(H,66,77)/t44-,59-/m0/s1. The van der Waals surface area contributed by atoms with E-state index >= 15 is 0 Å². The maximum absolute atomic E-state index is 14.0. The number of hydrogen-bond acceptors (Lipinski definition) is 18. The predicted octanol–water partition coefficient (Wildman–Crippen LogP) is -0.769. The summed E-state index contributed by atoms with van der Waals surface area (Å²) in [5.74, 6) is -6.00. The van der Waals surface area contributed by atoms with Crippen LogP contribution in [0.25, 0.3) is 33.1 Å². The zero-order valence-electron chi connectivity index (χ0n) is 47.3. The van der Waals surface area contributed by atoms with E-state index in [2.05, 4.69) is 47.5 Å². The molecule has 3 aromatic heterocycles. The Hall–Kier alpha value is -10.1. The van der Waals surface area contributed by atoms with E-state index < -0.39 is 98.5 Å². The van der Waals surface area contributed by atoms with Crippen LogP contribution in [0.5, 0.6) is 0 Å². The first-order valence-electron chi connectivity index (χ1n) is 28.0. The molecule has 0 radical (unpaired) electrons. The number of aromatic nitrogens is 5. The monoisotopic (exact) mass is 1190 g/mol. The third-order valence-corrected chi connectivity index (χ3v) is 14.7. The van der Waals surface area contributed by atoms with Crippen molar-refractivity contribution in [3.8, 4) is 11.4 Å². The molecule has 0 unspecified atom stereocenters. The zero-order chi connectivity index (χ0) is 61.6. The fraction of sp³-hybridized carbons (Fsp3) is 0.356. The largest absolute Gasteiger partial charge is 0.458 e. The van der Waals surface area contributed by atoms with E-state index in [0.717, 1.165) is 32.2 Å². The Balaban J connectivity index is 0.665. The molecule has 0 fully saturated rings. The van der Waals surface area contributed by atoms with Gasteiger partial charge >= 0.3 is 5.97 Å². The van der Waals surface area contributed by atoms with Gasteiger partial charge in [0.15, 0.2) is 5.60 Å². The highest BCUT2D eigenvalue weighted by Gasteiger charge is 2.45. The number of unbranched alkanes of at least 4 members (excludes halogenated alkanes) is 2. The van der Waals surface area contributed by atoms with E-state index in [-0.39, 0.29) is 87.3 Å². The molecular formula is C59H63N13O15. The summed E-state index contributed by atoms with van der Waals surface area (Å²) >= 11 is 0. The first-order valence-corrected chi connectivity index (χ1v) is 28.0. The Bertz CT molecular complexity index is 3750.